The fourth-order valence-corrected chi connectivity index (χ4v) is 1.51. The first-order chi connectivity index (χ1) is 5.70. The largest absolute Gasteiger partial charge is 0.481 e. The van der Waals surface area contributed by atoms with Crippen LogP contribution < -0.4 is 0 Å². The van der Waals surface area contributed by atoms with Crippen molar-refractivity contribution < 1.29 is 15.0 Å². The number of carboxylic acid groups (broad SMARTS) is 1. The van der Waals surface area contributed by atoms with E-state index in [2.05, 4.69) is 6.08 Å². The summed E-state index contributed by atoms with van der Waals surface area (Å²) in [6, 6.07) is 0. The molecule has 0 spiro atoms. The molecular weight excluding hydrogens is 156 g/mol. The molecule has 12 heavy (non-hydrogen) atoms. The maximum Gasteiger partial charge on any atom is 0.305 e. The Morgan fingerprint density at radius 3 is 2.83 bits per heavy atom. The Bertz CT molecular complexity index is 186. The minimum Gasteiger partial charge on any atom is -0.481 e. The van der Waals surface area contributed by atoms with E-state index in [9.17, 15) is 9.90 Å². The van der Waals surface area contributed by atoms with Gasteiger partial charge in [-0.15, -0.1) is 0 Å². The van der Waals surface area contributed by atoms with Crippen LogP contribution in [-0.4, -0.2) is 22.3 Å². The van der Waals surface area contributed by atoms with Gasteiger partial charge in [0, 0.05) is 0 Å². The highest BCUT2D eigenvalue weighted by Crippen LogP contribution is 2.23. The summed E-state index contributed by atoms with van der Waals surface area (Å²) in [5.41, 5.74) is 0. The molecule has 2 atom stereocenters. The summed E-state index contributed by atoms with van der Waals surface area (Å²) in [7, 11) is 0. The third kappa shape index (κ3) is 2.66. The van der Waals surface area contributed by atoms with E-state index in [4.69, 9.17) is 5.11 Å². The van der Waals surface area contributed by atoms with Gasteiger partial charge in [-0.2, -0.15) is 0 Å². The molecule has 0 aliphatic heterocycles. The number of allylic oxidation sites excluding steroid dienone is 2. The van der Waals surface area contributed by atoms with Gasteiger partial charge in [0.1, 0.15) is 0 Å². The highest BCUT2D eigenvalue weighted by molar-refractivity contribution is 5.67. The van der Waals surface area contributed by atoms with Crippen molar-refractivity contribution >= 4 is 5.97 Å². The van der Waals surface area contributed by atoms with Crippen LogP contribution in [0.2, 0.25) is 0 Å². The molecule has 3 heteroatoms. The second-order valence-corrected chi connectivity index (χ2v) is 3.21. The Balaban J connectivity index is 2.35. The molecule has 0 aromatic rings. The topological polar surface area (TPSA) is 57.5 Å². The highest BCUT2D eigenvalue weighted by atomic mass is 16.4. The highest BCUT2D eigenvalue weighted by Gasteiger charge is 2.21. The van der Waals surface area contributed by atoms with Gasteiger partial charge in [0.15, 0.2) is 0 Å². The minimum absolute atomic E-state index is 0.126. The molecule has 1 unspecified atom stereocenters. The number of carboxylic acids is 1. The second-order valence-electron chi connectivity index (χ2n) is 3.21. The van der Waals surface area contributed by atoms with Crippen molar-refractivity contribution in [2.45, 2.75) is 31.8 Å². The molecule has 0 bridgehead atoms. The first-order valence-electron chi connectivity index (χ1n) is 4.25. The van der Waals surface area contributed by atoms with Crippen molar-refractivity contribution in [3.05, 3.63) is 12.2 Å². The van der Waals surface area contributed by atoms with Gasteiger partial charge in [-0.3, -0.25) is 4.79 Å². The minimum atomic E-state index is -0.919. The van der Waals surface area contributed by atoms with Crippen molar-refractivity contribution in [2.75, 3.05) is 0 Å². The van der Waals surface area contributed by atoms with E-state index < -0.39 is 12.1 Å². The molecule has 0 saturated carbocycles. The van der Waals surface area contributed by atoms with Gasteiger partial charge in [-0.1, -0.05) is 12.2 Å². The molecule has 0 aromatic heterocycles. The average Bonchev–Trinajstić information content (AvgIpc) is 2.05. The van der Waals surface area contributed by atoms with Gasteiger partial charge >= 0.3 is 5.97 Å². The summed E-state index contributed by atoms with van der Waals surface area (Å²) in [5.74, 6) is -0.775. The van der Waals surface area contributed by atoms with Crippen molar-refractivity contribution in [1.29, 1.82) is 0 Å². The molecule has 1 aliphatic carbocycles. The molecule has 0 radical (unpaired) electrons. The van der Waals surface area contributed by atoms with Crippen LogP contribution in [0.4, 0.5) is 0 Å². The number of carbonyl (C=O) groups is 1. The first kappa shape index (κ1) is 9.26. The molecule has 2 N–H and O–H groups in total. The standard InChI is InChI=1S/C9H14O3/c10-8(6-9(11)12)7-4-2-1-3-5-7/h1-2,7-8,10H,3-6H2,(H,11,12)/t7?,8-/m1/s1. The molecule has 1 aliphatic rings. The first-order valence-corrected chi connectivity index (χ1v) is 4.25. The molecular formula is C9H14O3. The lowest BCUT2D eigenvalue weighted by Crippen LogP contribution is -2.24. The van der Waals surface area contributed by atoms with E-state index in [-0.39, 0.29) is 12.3 Å². The second kappa shape index (κ2) is 4.26. The van der Waals surface area contributed by atoms with Crippen LogP contribution >= 0.6 is 0 Å². The van der Waals surface area contributed by atoms with Crippen molar-refractivity contribution in [2.24, 2.45) is 5.92 Å². The number of aliphatic carboxylic acids is 1. The van der Waals surface area contributed by atoms with Gasteiger partial charge in [0.2, 0.25) is 0 Å². The Morgan fingerprint density at radius 2 is 2.33 bits per heavy atom. The Hall–Kier alpha value is -0.830. The molecule has 3 nitrogen and oxygen atoms in total. The van der Waals surface area contributed by atoms with Crippen molar-refractivity contribution in [1.82, 2.24) is 0 Å². The predicted octanol–water partition coefficient (Wildman–Crippen LogP) is 1.18. The third-order valence-electron chi connectivity index (χ3n) is 2.24. The van der Waals surface area contributed by atoms with Gasteiger partial charge in [-0.05, 0) is 25.2 Å². The predicted molar refractivity (Wildman–Crippen MR) is 44.7 cm³/mol. The fourth-order valence-electron chi connectivity index (χ4n) is 1.51. The maximum atomic E-state index is 10.3. The molecule has 0 heterocycles. The van der Waals surface area contributed by atoms with E-state index in [1.807, 2.05) is 6.08 Å². The van der Waals surface area contributed by atoms with Gasteiger partial charge in [0.25, 0.3) is 0 Å². The smallest absolute Gasteiger partial charge is 0.305 e. The number of hydrogen-bond acceptors (Lipinski definition) is 2. The molecule has 0 fully saturated rings. The van der Waals surface area contributed by atoms with Crippen LogP contribution in [0.1, 0.15) is 25.7 Å². The Morgan fingerprint density at radius 1 is 1.58 bits per heavy atom. The summed E-state index contributed by atoms with van der Waals surface area (Å²) >= 11 is 0. The zero-order valence-electron chi connectivity index (χ0n) is 6.94. The van der Waals surface area contributed by atoms with Crippen molar-refractivity contribution in [3.63, 3.8) is 0 Å². The van der Waals surface area contributed by atoms with Gasteiger partial charge in [0.05, 0.1) is 12.5 Å². The fraction of sp³-hybridized carbons (Fsp3) is 0.667. The van der Waals surface area contributed by atoms with Gasteiger partial charge in [-0.25, -0.2) is 0 Å². The van der Waals surface area contributed by atoms with E-state index >= 15 is 0 Å². The SMILES string of the molecule is O=C(O)C[C@@H](O)C1CC=CCC1. The van der Waals surface area contributed by atoms with E-state index in [0.29, 0.717) is 0 Å². The lowest BCUT2D eigenvalue weighted by molar-refractivity contribution is -0.140. The van der Waals surface area contributed by atoms with Crippen LogP contribution in [0, 0.1) is 5.92 Å². The number of aliphatic hydroxyl groups is 1. The quantitative estimate of drug-likeness (QED) is 0.625. The van der Waals surface area contributed by atoms with Crippen LogP contribution in [-0.2, 0) is 4.79 Å². The molecule has 0 amide bonds. The van der Waals surface area contributed by atoms with Crippen LogP contribution in [0.3, 0.4) is 0 Å². The molecule has 0 aromatic carbocycles. The summed E-state index contributed by atoms with van der Waals surface area (Å²) < 4.78 is 0. The van der Waals surface area contributed by atoms with Gasteiger partial charge < -0.3 is 10.2 Å². The third-order valence-corrected chi connectivity index (χ3v) is 2.24. The number of rotatable bonds is 3. The average molecular weight is 170 g/mol. The molecule has 0 saturated heterocycles. The number of aliphatic hydroxyl groups excluding tert-OH is 1. The Kier molecular flexibility index (Phi) is 3.29. The van der Waals surface area contributed by atoms with E-state index in [1.54, 1.807) is 0 Å². The Labute approximate surface area is 71.7 Å². The monoisotopic (exact) mass is 170 g/mol. The van der Waals surface area contributed by atoms with E-state index in [0.717, 1.165) is 19.3 Å². The summed E-state index contributed by atoms with van der Waals surface area (Å²) in [5, 5.41) is 17.9. The van der Waals surface area contributed by atoms with Crippen molar-refractivity contribution in [3.8, 4) is 0 Å². The summed E-state index contributed by atoms with van der Waals surface area (Å²) in [6.07, 6.45) is 5.97. The lowest BCUT2D eigenvalue weighted by Gasteiger charge is -2.22. The summed E-state index contributed by atoms with van der Waals surface area (Å²) in [6.45, 7) is 0. The van der Waals surface area contributed by atoms with E-state index in [1.165, 1.54) is 0 Å². The maximum absolute atomic E-state index is 10.3. The lowest BCUT2D eigenvalue weighted by atomic mass is 9.88. The molecule has 1 rings (SSSR count). The molecule has 68 valence electrons. The summed E-state index contributed by atoms with van der Waals surface area (Å²) in [4.78, 5) is 10.3. The van der Waals surface area contributed by atoms with Crippen LogP contribution in [0.15, 0.2) is 12.2 Å². The number of hydrogen-bond donors (Lipinski definition) is 2. The van der Waals surface area contributed by atoms with Crippen LogP contribution in [0.25, 0.3) is 0 Å². The van der Waals surface area contributed by atoms with Crippen LogP contribution in [0.5, 0.6) is 0 Å². The zero-order chi connectivity index (χ0) is 8.97. The zero-order valence-corrected chi connectivity index (χ0v) is 6.94. The normalized spacial score (nSPS) is 25.2.